The van der Waals surface area contributed by atoms with E-state index in [0.29, 0.717) is 6.54 Å². The van der Waals surface area contributed by atoms with Crippen LogP contribution in [0, 0.1) is 5.41 Å². The molecular weight excluding hydrogens is 216 g/mol. The van der Waals surface area contributed by atoms with Gasteiger partial charge >= 0.3 is 0 Å². The van der Waals surface area contributed by atoms with Crippen molar-refractivity contribution in [2.24, 2.45) is 11.1 Å². The van der Waals surface area contributed by atoms with Crippen LogP contribution in [0.4, 0.5) is 0 Å². The average Bonchev–Trinajstić information content (AvgIpc) is 2.91. The third-order valence-electron chi connectivity index (χ3n) is 3.76. The second-order valence-electron chi connectivity index (χ2n) is 4.97. The number of imidazole rings is 1. The van der Waals surface area contributed by atoms with Crippen LogP contribution in [0.2, 0.25) is 0 Å². The quantitative estimate of drug-likeness (QED) is 0.800. The van der Waals surface area contributed by atoms with E-state index in [1.807, 2.05) is 17.7 Å². The molecule has 0 radical (unpaired) electrons. The first kappa shape index (κ1) is 12.1. The molecule has 0 spiro atoms. The number of nitrogens with one attached hydrogen (secondary N) is 1. The summed E-state index contributed by atoms with van der Waals surface area (Å²) in [7, 11) is 0. The Morgan fingerprint density at radius 2 is 2.53 bits per heavy atom. The molecule has 1 fully saturated rings. The first-order chi connectivity index (χ1) is 8.13. The summed E-state index contributed by atoms with van der Waals surface area (Å²) in [6.45, 7) is 3.34. The highest BCUT2D eigenvalue weighted by Crippen LogP contribution is 2.36. The minimum atomic E-state index is -0.380. The Morgan fingerprint density at radius 3 is 3.12 bits per heavy atom. The van der Waals surface area contributed by atoms with Gasteiger partial charge in [0.05, 0.1) is 11.7 Å². The number of amides is 1. The van der Waals surface area contributed by atoms with Crippen molar-refractivity contribution in [3.8, 4) is 0 Å². The highest BCUT2D eigenvalue weighted by Gasteiger charge is 2.42. The van der Waals surface area contributed by atoms with Crippen molar-refractivity contribution >= 4 is 5.91 Å². The van der Waals surface area contributed by atoms with Crippen LogP contribution in [0.5, 0.6) is 0 Å². The van der Waals surface area contributed by atoms with E-state index in [1.165, 1.54) is 0 Å². The Hall–Kier alpha value is -1.36. The van der Waals surface area contributed by atoms with Crippen molar-refractivity contribution in [1.29, 1.82) is 0 Å². The molecule has 1 heterocycles. The van der Waals surface area contributed by atoms with Gasteiger partial charge in [0.2, 0.25) is 5.91 Å². The van der Waals surface area contributed by atoms with Crippen LogP contribution >= 0.6 is 0 Å². The number of hydrogen-bond donors (Lipinski definition) is 2. The summed E-state index contributed by atoms with van der Waals surface area (Å²) in [4.78, 5) is 16.0. The number of aromatic nitrogens is 2. The molecule has 5 nitrogen and oxygen atoms in total. The van der Waals surface area contributed by atoms with Crippen LogP contribution in [0.25, 0.3) is 0 Å². The van der Waals surface area contributed by atoms with E-state index < -0.39 is 0 Å². The van der Waals surface area contributed by atoms with Crippen molar-refractivity contribution in [3.05, 3.63) is 18.7 Å². The van der Waals surface area contributed by atoms with E-state index in [1.54, 1.807) is 12.5 Å². The summed E-state index contributed by atoms with van der Waals surface area (Å²) in [5, 5.41) is 2.97. The van der Waals surface area contributed by atoms with Gasteiger partial charge < -0.3 is 15.6 Å². The zero-order valence-corrected chi connectivity index (χ0v) is 10.2. The van der Waals surface area contributed by atoms with Gasteiger partial charge in [0.1, 0.15) is 0 Å². The predicted molar refractivity (Wildman–Crippen MR) is 65.2 cm³/mol. The standard InChI is InChI=1S/C12H20N4O/c1-12(4-2-3-10(12)13)11(17)15-6-8-16-7-5-14-9-16/h5,7,9-10H,2-4,6,8,13H2,1H3,(H,15,17). The molecule has 1 aliphatic carbocycles. The lowest BCUT2D eigenvalue weighted by atomic mass is 9.84. The molecule has 1 aliphatic rings. The van der Waals surface area contributed by atoms with E-state index in [-0.39, 0.29) is 17.4 Å². The van der Waals surface area contributed by atoms with Gasteiger partial charge in [-0.15, -0.1) is 0 Å². The molecule has 17 heavy (non-hydrogen) atoms. The fraction of sp³-hybridized carbons (Fsp3) is 0.667. The lowest BCUT2D eigenvalue weighted by Crippen LogP contribution is -2.47. The SMILES string of the molecule is CC1(C(=O)NCCn2ccnc2)CCCC1N. The van der Waals surface area contributed by atoms with Crippen LogP contribution in [0.1, 0.15) is 26.2 Å². The van der Waals surface area contributed by atoms with Crippen LogP contribution < -0.4 is 11.1 Å². The second kappa shape index (κ2) is 4.87. The lowest BCUT2D eigenvalue weighted by molar-refractivity contribution is -0.130. The summed E-state index contributed by atoms with van der Waals surface area (Å²) >= 11 is 0. The van der Waals surface area contributed by atoms with Gasteiger partial charge in [0.25, 0.3) is 0 Å². The smallest absolute Gasteiger partial charge is 0.227 e. The van der Waals surface area contributed by atoms with Crippen molar-refractivity contribution in [2.45, 2.75) is 38.8 Å². The Balaban J connectivity index is 1.81. The summed E-state index contributed by atoms with van der Waals surface area (Å²) in [6, 6.07) is -0.00394. The summed E-state index contributed by atoms with van der Waals surface area (Å²) in [5.74, 6) is 0.0858. The zero-order chi connectivity index (χ0) is 12.3. The van der Waals surface area contributed by atoms with Gasteiger partial charge in [-0.05, 0) is 19.8 Å². The molecule has 0 aromatic carbocycles. The molecule has 2 rings (SSSR count). The number of carbonyl (C=O) groups is 1. The minimum absolute atomic E-state index is 0.00394. The highest BCUT2D eigenvalue weighted by atomic mass is 16.2. The van der Waals surface area contributed by atoms with Crippen molar-refractivity contribution < 1.29 is 4.79 Å². The van der Waals surface area contributed by atoms with E-state index >= 15 is 0 Å². The molecule has 1 aromatic heterocycles. The highest BCUT2D eigenvalue weighted by molar-refractivity contribution is 5.83. The summed E-state index contributed by atoms with van der Waals surface area (Å²) < 4.78 is 1.94. The normalized spacial score (nSPS) is 28.2. The molecule has 1 saturated carbocycles. The van der Waals surface area contributed by atoms with Gasteiger partial charge in [-0.25, -0.2) is 4.98 Å². The van der Waals surface area contributed by atoms with Crippen LogP contribution in [-0.4, -0.2) is 28.0 Å². The molecule has 3 N–H and O–H groups in total. The summed E-state index contributed by atoms with van der Waals surface area (Å²) in [5.41, 5.74) is 5.62. The predicted octanol–water partition coefficient (Wildman–Crippen LogP) is 0.517. The average molecular weight is 236 g/mol. The molecular formula is C12H20N4O. The Labute approximate surface area is 101 Å². The molecule has 2 unspecified atom stereocenters. The molecule has 1 amide bonds. The van der Waals surface area contributed by atoms with Gasteiger partial charge in [-0.1, -0.05) is 6.42 Å². The van der Waals surface area contributed by atoms with Crippen LogP contribution in [0.3, 0.4) is 0 Å². The monoisotopic (exact) mass is 236 g/mol. The van der Waals surface area contributed by atoms with E-state index in [9.17, 15) is 4.79 Å². The van der Waals surface area contributed by atoms with Crippen molar-refractivity contribution in [1.82, 2.24) is 14.9 Å². The minimum Gasteiger partial charge on any atom is -0.354 e. The Bertz CT molecular complexity index is 376. The van der Waals surface area contributed by atoms with Crippen molar-refractivity contribution in [3.63, 3.8) is 0 Å². The molecule has 94 valence electrons. The van der Waals surface area contributed by atoms with E-state index in [2.05, 4.69) is 10.3 Å². The van der Waals surface area contributed by atoms with E-state index in [4.69, 9.17) is 5.73 Å². The third kappa shape index (κ3) is 2.49. The summed E-state index contributed by atoms with van der Waals surface area (Å²) in [6.07, 6.45) is 8.25. The van der Waals surface area contributed by atoms with Crippen molar-refractivity contribution in [2.75, 3.05) is 6.54 Å². The zero-order valence-electron chi connectivity index (χ0n) is 10.2. The largest absolute Gasteiger partial charge is 0.354 e. The van der Waals surface area contributed by atoms with E-state index in [0.717, 1.165) is 25.8 Å². The maximum absolute atomic E-state index is 12.1. The molecule has 0 aliphatic heterocycles. The van der Waals surface area contributed by atoms with Crippen LogP contribution in [-0.2, 0) is 11.3 Å². The first-order valence-corrected chi connectivity index (χ1v) is 6.12. The maximum atomic E-state index is 12.1. The fourth-order valence-electron chi connectivity index (χ4n) is 2.39. The second-order valence-corrected chi connectivity index (χ2v) is 4.97. The Kier molecular flexibility index (Phi) is 3.47. The molecule has 0 saturated heterocycles. The lowest BCUT2D eigenvalue weighted by Gasteiger charge is -2.27. The number of nitrogens with two attached hydrogens (primary N) is 1. The topological polar surface area (TPSA) is 72.9 Å². The van der Waals surface area contributed by atoms with Gasteiger partial charge in [0, 0.05) is 31.5 Å². The van der Waals surface area contributed by atoms with Gasteiger partial charge in [0.15, 0.2) is 0 Å². The fourth-order valence-corrected chi connectivity index (χ4v) is 2.39. The number of nitrogens with zero attached hydrogens (tertiary/aromatic N) is 2. The molecule has 5 heteroatoms. The maximum Gasteiger partial charge on any atom is 0.227 e. The number of hydrogen-bond acceptors (Lipinski definition) is 3. The molecule has 2 atom stereocenters. The van der Waals surface area contributed by atoms with Crippen LogP contribution in [0.15, 0.2) is 18.7 Å². The number of carbonyl (C=O) groups excluding carboxylic acids is 1. The molecule has 1 aromatic rings. The first-order valence-electron chi connectivity index (χ1n) is 6.12. The number of rotatable bonds is 4. The molecule has 0 bridgehead atoms. The Morgan fingerprint density at radius 1 is 1.71 bits per heavy atom. The van der Waals surface area contributed by atoms with Gasteiger partial charge in [-0.2, -0.15) is 0 Å². The third-order valence-corrected chi connectivity index (χ3v) is 3.76. The van der Waals surface area contributed by atoms with Gasteiger partial charge in [-0.3, -0.25) is 4.79 Å².